The van der Waals surface area contributed by atoms with Crippen LogP contribution < -0.4 is 0 Å². The fraction of sp³-hybridized carbons (Fsp3) is 0.600. The monoisotopic (exact) mass is 193 g/mol. The quantitative estimate of drug-likeness (QED) is 0.542. The van der Waals surface area contributed by atoms with Crippen molar-refractivity contribution in [2.75, 3.05) is 13.1 Å². The van der Waals surface area contributed by atoms with E-state index in [9.17, 15) is 9.59 Å². The van der Waals surface area contributed by atoms with Gasteiger partial charge in [-0.2, -0.15) is 0 Å². The number of amides is 1. The number of carboxylic acid groups (broad SMARTS) is 1. The minimum absolute atomic E-state index is 0.0992. The van der Waals surface area contributed by atoms with E-state index in [0.717, 1.165) is 13.1 Å². The summed E-state index contributed by atoms with van der Waals surface area (Å²) in [6, 6.07) is 0. The molecule has 0 bridgehead atoms. The zero-order chi connectivity index (χ0) is 10.3. The van der Waals surface area contributed by atoms with Gasteiger partial charge in [0.25, 0.3) is 0 Å². The van der Waals surface area contributed by atoms with Crippen LogP contribution in [0.3, 0.4) is 0 Å². The van der Waals surface area contributed by atoms with Crippen molar-refractivity contribution in [3.63, 3.8) is 0 Å². The van der Waals surface area contributed by atoms with Gasteiger partial charge in [0, 0.05) is 31.9 Å². The minimum Gasteiger partial charge on any atom is -0.472 e. The molecule has 4 nitrogen and oxygen atoms in total. The molecule has 0 aromatic heterocycles. The van der Waals surface area contributed by atoms with Crippen LogP contribution in [0.5, 0.6) is 0 Å². The summed E-state index contributed by atoms with van der Waals surface area (Å²) < 4.78 is 0. The van der Waals surface area contributed by atoms with Gasteiger partial charge in [-0.15, -0.1) is 0 Å². The second kappa shape index (κ2) is 3.02. The van der Waals surface area contributed by atoms with Gasteiger partial charge in [-0.25, -0.2) is 4.79 Å². The Labute approximate surface area is 81.9 Å². The van der Waals surface area contributed by atoms with Crippen LogP contribution in [0.15, 0.2) is 0 Å². The first kappa shape index (κ1) is 9.07. The fourth-order valence-electron chi connectivity index (χ4n) is 2.14. The van der Waals surface area contributed by atoms with Crippen molar-refractivity contribution in [3.05, 3.63) is 0 Å². The highest BCUT2D eigenvalue weighted by Gasteiger charge is 2.55. The maximum Gasteiger partial charge on any atom is 0.381 e. The summed E-state index contributed by atoms with van der Waals surface area (Å²) in [5.41, 5.74) is 0. The van der Waals surface area contributed by atoms with E-state index in [2.05, 4.69) is 11.8 Å². The average Bonchev–Trinajstić information content (AvgIpc) is 2.57. The van der Waals surface area contributed by atoms with Crippen LogP contribution in [0.4, 0.5) is 0 Å². The molecular formula is C10H11NO3. The van der Waals surface area contributed by atoms with Crippen molar-refractivity contribution in [2.45, 2.75) is 6.92 Å². The zero-order valence-electron chi connectivity index (χ0n) is 7.86. The van der Waals surface area contributed by atoms with E-state index >= 15 is 0 Å². The van der Waals surface area contributed by atoms with Crippen molar-refractivity contribution in [3.8, 4) is 11.8 Å². The minimum atomic E-state index is -1.07. The first-order valence-corrected chi connectivity index (χ1v) is 4.59. The van der Waals surface area contributed by atoms with Crippen molar-refractivity contribution >= 4 is 11.9 Å². The third-order valence-electron chi connectivity index (χ3n) is 2.99. The van der Waals surface area contributed by atoms with Gasteiger partial charge in [-0.3, -0.25) is 4.79 Å². The lowest BCUT2D eigenvalue weighted by Gasteiger charge is -2.15. The molecule has 0 aromatic rings. The molecule has 1 saturated carbocycles. The summed E-state index contributed by atoms with van der Waals surface area (Å²) in [7, 11) is 0. The lowest BCUT2D eigenvalue weighted by Crippen LogP contribution is -2.28. The molecule has 0 aromatic carbocycles. The third kappa shape index (κ3) is 1.46. The lowest BCUT2D eigenvalue weighted by molar-refractivity contribution is -0.130. The molecule has 1 N–H and O–H groups in total. The molecule has 1 heterocycles. The second-order valence-corrected chi connectivity index (χ2v) is 3.85. The number of rotatable bonds is 0. The molecule has 1 aliphatic heterocycles. The molecule has 1 saturated heterocycles. The molecule has 74 valence electrons. The van der Waals surface area contributed by atoms with Gasteiger partial charge in [0.2, 0.25) is 5.91 Å². The number of piperidine rings is 1. The zero-order valence-corrected chi connectivity index (χ0v) is 7.86. The number of carbonyl (C=O) groups is 2. The van der Waals surface area contributed by atoms with E-state index in [-0.39, 0.29) is 11.8 Å². The molecule has 2 rings (SSSR count). The van der Waals surface area contributed by atoms with E-state index in [1.165, 1.54) is 0 Å². The number of nitrogens with zero attached hydrogens (tertiary/aromatic N) is 1. The van der Waals surface area contributed by atoms with Gasteiger partial charge in [0.15, 0.2) is 0 Å². The number of hydrogen-bond donors (Lipinski definition) is 1. The van der Waals surface area contributed by atoms with E-state index in [4.69, 9.17) is 5.11 Å². The molecule has 1 unspecified atom stereocenters. The molecule has 1 aliphatic carbocycles. The largest absolute Gasteiger partial charge is 0.472 e. The highest BCUT2D eigenvalue weighted by Crippen LogP contribution is 2.51. The average molecular weight is 193 g/mol. The lowest BCUT2D eigenvalue weighted by atomic mass is 10.2. The molecule has 0 radical (unpaired) electrons. The van der Waals surface area contributed by atoms with Crippen LogP contribution in [-0.4, -0.2) is 35.0 Å². The Morgan fingerprint density at radius 2 is 1.93 bits per heavy atom. The summed E-state index contributed by atoms with van der Waals surface area (Å²) in [6.07, 6.45) is 0. The topological polar surface area (TPSA) is 57.6 Å². The molecule has 2 fully saturated rings. The summed E-state index contributed by atoms with van der Waals surface area (Å²) in [4.78, 5) is 23.0. The maximum absolute atomic E-state index is 11.0. The highest BCUT2D eigenvalue weighted by molar-refractivity contribution is 5.86. The summed E-state index contributed by atoms with van der Waals surface area (Å²) >= 11 is 0. The van der Waals surface area contributed by atoms with Crippen molar-refractivity contribution < 1.29 is 14.7 Å². The first-order valence-electron chi connectivity index (χ1n) is 4.59. The Morgan fingerprint density at radius 1 is 1.36 bits per heavy atom. The van der Waals surface area contributed by atoms with Crippen LogP contribution >= 0.6 is 0 Å². The van der Waals surface area contributed by atoms with Gasteiger partial charge in [0.05, 0.1) is 0 Å². The van der Waals surface area contributed by atoms with Crippen molar-refractivity contribution in [1.29, 1.82) is 0 Å². The maximum atomic E-state index is 11.0. The first-order chi connectivity index (χ1) is 6.59. The number of aliphatic carboxylic acids is 1. The molecule has 2 aliphatic rings. The number of hydrogen-bond acceptors (Lipinski definition) is 2. The number of carbonyl (C=O) groups excluding carboxylic acids is 1. The standard InChI is InChI=1S/C10H11NO3/c1-6(12)11-4-8-7(9(8)5-11)2-3-10(13)14/h7-9H,4-5H2,1H3,(H,13,14)/t7?,8-,9+. The van der Waals surface area contributed by atoms with Gasteiger partial charge in [-0.05, 0) is 11.8 Å². The van der Waals surface area contributed by atoms with Crippen LogP contribution in [0, 0.1) is 29.6 Å². The molecular weight excluding hydrogens is 182 g/mol. The Bertz CT molecular complexity index is 340. The molecule has 0 spiro atoms. The van der Waals surface area contributed by atoms with Crippen molar-refractivity contribution in [2.24, 2.45) is 17.8 Å². The van der Waals surface area contributed by atoms with Crippen molar-refractivity contribution in [1.82, 2.24) is 4.90 Å². The van der Waals surface area contributed by atoms with E-state index in [0.29, 0.717) is 11.8 Å². The normalized spacial score (nSPS) is 32.9. The van der Waals surface area contributed by atoms with E-state index in [1.54, 1.807) is 11.8 Å². The molecule has 1 amide bonds. The van der Waals surface area contributed by atoms with Gasteiger partial charge in [-0.1, -0.05) is 5.92 Å². The second-order valence-electron chi connectivity index (χ2n) is 3.85. The number of fused-ring (bicyclic) bond motifs is 1. The van der Waals surface area contributed by atoms with Crippen LogP contribution in [-0.2, 0) is 9.59 Å². The summed E-state index contributed by atoms with van der Waals surface area (Å²) in [6.45, 7) is 3.06. The predicted molar refractivity (Wildman–Crippen MR) is 48.1 cm³/mol. The number of likely N-dealkylation sites (tertiary alicyclic amines) is 1. The van der Waals surface area contributed by atoms with Gasteiger partial charge >= 0.3 is 5.97 Å². The smallest absolute Gasteiger partial charge is 0.381 e. The Kier molecular flexibility index (Phi) is 1.95. The molecule has 14 heavy (non-hydrogen) atoms. The van der Waals surface area contributed by atoms with Crippen LogP contribution in [0.25, 0.3) is 0 Å². The summed E-state index contributed by atoms with van der Waals surface area (Å²) in [5, 5.41) is 8.36. The van der Waals surface area contributed by atoms with Gasteiger partial charge < -0.3 is 10.0 Å². The number of carboxylic acids is 1. The predicted octanol–water partition coefficient (Wildman–Crippen LogP) is -0.201. The Morgan fingerprint density at radius 3 is 2.36 bits per heavy atom. The third-order valence-corrected chi connectivity index (χ3v) is 2.99. The molecule has 3 atom stereocenters. The van der Waals surface area contributed by atoms with Crippen LogP contribution in [0.1, 0.15) is 6.92 Å². The highest BCUT2D eigenvalue weighted by atomic mass is 16.4. The van der Waals surface area contributed by atoms with E-state index in [1.807, 2.05) is 0 Å². The Hall–Kier alpha value is -1.50. The van der Waals surface area contributed by atoms with Crippen LogP contribution in [0.2, 0.25) is 0 Å². The van der Waals surface area contributed by atoms with E-state index < -0.39 is 5.97 Å². The molecule has 4 heteroatoms. The Balaban J connectivity index is 1.89. The van der Waals surface area contributed by atoms with Gasteiger partial charge in [0.1, 0.15) is 0 Å². The summed E-state index contributed by atoms with van der Waals surface area (Å²) in [5.74, 6) is 4.96. The fourth-order valence-corrected chi connectivity index (χ4v) is 2.14. The SMILES string of the molecule is CC(=O)N1C[C@@H]2C(C#CC(=O)O)[C@@H]2C1.